The molecular weight excluding hydrogens is 430 g/mol. The van der Waals surface area contributed by atoms with Gasteiger partial charge in [-0.3, -0.25) is 0 Å². The van der Waals surface area contributed by atoms with Crippen LogP contribution in [-0.4, -0.2) is 50.5 Å². The molecule has 1 fully saturated rings. The zero-order valence-corrected chi connectivity index (χ0v) is 18.4. The molecule has 1 N–H and O–H groups in total. The number of aliphatic hydroxyl groups excluding tert-OH is 1. The summed E-state index contributed by atoms with van der Waals surface area (Å²) in [6.45, 7) is 3.24. The lowest BCUT2D eigenvalue weighted by Crippen LogP contribution is -2.36. The van der Waals surface area contributed by atoms with E-state index in [4.69, 9.17) is 9.26 Å². The lowest BCUT2D eigenvalue weighted by Gasteiger charge is -2.23. The van der Waals surface area contributed by atoms with Crippen molar-refractivity contribution in [2.45, 2.75) is 44.9 Å². The van der Waals surface area contributed by atoms with Gasteiger partial charge < -0.3 is 18.9 Å². The Bertz CT molecular complexity index is 1110. The molecule has 7 nitrogen and oxygen atoms in total. The minimum atomic E-state index is -2.68. The summed E-state index contributed by atoms with van der Waals surface area (Å²) in [6, 6.07) is 6.34. The van der Waals surface area contributed by atoms with Crippen LogP contribution in [0.2, 0.25) is 0 Å². The summed E-state index contributed by atoms with van der Waals surface area (Å²) in [7, 11) is 0. The Morgan fingerprint density at radius 2 is 2.09 bits per heavy atom. The van der Waals surface area contributed by atoms with Gasteiger partial charge in [-0.2, -0.15) is 8.78 Å². The fourth-order valence-electron chi connectivity index (χ4n) is 3.74. The molecule has 3 aromatic rings. The van der Waals surface area contributed by atoms with Crippen LogP contribution in [-0.2, 0) is 6.54 Å². The molecule has 174 valence electrons. The summed E-state index contributed by atoms with van der Waals surface area (Å²) in [5.41, 5.74) is 1.46. The molecular formula is C24H26F2N4O3. The van der Waals surface area contributed by atoms with Gasteiger partial charge in [0.05, 0.1) is 13.2 Å². The van der Waals surface area contributed by atoms with Crippen LogP contribution in [0, 0.1) is 11.8 Å². The molecule has 1 aromatic carbocycles. The average molecular weight is 456 g/mol. The quantitative estimate of drug-likeness (QED) is 0.315. The van der Waals surface area contributed by atoms with Gasteiger partial charge in [0.1, 0.15) is 23.4 Å². The Kier molecular flexibility index (Phi) is 7.06. The summed E-state index contributed by atoms with van der Waals surface area (Å²) in [4.78, 5) is 5.36. The van der Waals surface area contributed by atoms with E-state index in [-0.39, 0.29) is 6.42 Å². The van der Waals surface area contributed by atoms with Crippen LogP contribution in [0.15, 0.2) is 47.2 Å². The number of aliphatic hydroxyl groups is 1. The minimum absolute atomic E-state index is 0.0553. The van der Waals surface area contributed by atoms with Crippen molar-refractivity contribution in [2.75, 3.05) is 19.7 Å². The van der Waals surface area contributed by atoms with Crippen LogP contribution >= 0.6 is 0 Å². The highest BCUT2D eigenvalue weighted by molar-refractivity contribution is 5.41. The van der Waals surface area contributed by atoms with E-state index in [0.29, 0.717) is 62.1 Å². The monoisotopic (exact) mass is 456 g/mol. The molecule has 0 spiro atoms. The van der Waals surface area contributed by atoms with Gasteiger partial charge in [-0.15, -0.1) is 0 Å². The highest BCUT2D eigenvalue weighted by Crippen LogP contribution is 2.31. The fourth-order valence-corrected chi connectivity index (χ4v) is 3.74. The Labute approximate surface area is 191 Å². The normalized spacial score (nSPS) is 16.4. The van der Waals surface area contributed by atoms with Crippen LogP contribution in [0.3, 0.4) is 0 Å². The maximum absolute atomic E-state index is 13.6. The molecule has 1 aliphatic heterocycles. The van der Waals surface area contributed by atoms with Gasteiger partial charge in [-0.25, -0.2) is 9.88 Å². The van der Waals surface area contributed by atoms with E-state index >= 15 is 0 Å². The second kappa shape index (κ2) is 10.1. The first-order chi connectivity index (χ1) is 15.9. The highest BCUT2D eigenvalue weighted by Gasteiger charge is 2.40. The van der Waals surface area contributed by atoms with Gasteiger partial charge in [0.25, 0.3) is 0 Å². The zero-order chi connectivity index (χ0) is 23.3. The van der Waals surface area contributed by atoms with Crippen molar-refractivity contribution in [3.63, 3.8) is 0 Å². The Morgan fingerprint density at radius 1 is 1.27 bits per heavy atom. The van der Waals surface area contributed by atoms with Crippen molar-refractivity contribution in [1.29, 1.82) is 0 Å². The SMILES string of the molecule is C[C@H](O)c1nccn1Cc1cc(C#Cc2ccc(OCCCN3CCCC3(F)F)cc2)on1. The van der Waals surface area contributed by atoms with Crippen molar-refractivity contribution in [3.8, 4) is 17.6 Å². The summed E-state index contributed by atoms with van der Waals surface area (Å²) < 4.78 is 39.9. The molecule has 4 rings (SSSR count). The summed E-state index contributed by atoms with van der Waals surface area (Å²) >= 11 is 0. The molecule has 1 aliphatic rings. The number of ether oxygens (including phenoxy) is 1. The predicted molar refractivity (Wildman–Crippen MR) is 117 cm³/mol. The van der Waals surface area contributed by atoms with Gasteiger partial charge >= 0.3 is 6.05 Å². The standard InChI is InChI=1S/C24H26F2N4O3/c1-18(31)23-27-11-14-29(23)17-20-16-22(33-28-20)9-6-19-4-7-21(8-5-19)32-15-3-13-30-12-2-10-24(30,25)26/h4-5,7-8,11,14,16,18,31H,2-3,10,12-13,15,17H2,1H3/t18-/m0/s1. The predicted octanol–water partition coefficient (Wildman–Crippen LogP) is 3.83. The molecule has 1 saturated heterocycles. The summed E-state index contributed by atoms with van der Waals surface area (Å²) in [5.74, 6) is 7.61. The van der Waals surface area contributed by atoms with E-state index in [9.17, 15) is 13.9 Å². The third-order valence-corrected chi connectivity index (χ3v) is 5.41. The summed E-state index contributed by atoms with van der Waals surface area (Å²) in [5, 5.41) is 13.8. The zero-order valence-electron chi connectivity index (χ0n) is 18.4. The molecule has 0 amide bonds. The van der Waals surface area contributed by atoms with E-state index in [2.05, 4.69) is 22.0 Å². The highest BCUT2D eigenvalue weighted by atomic mass is 19.3. The Balaban J connectivity index is 1.26. The number of rotatable bonds is 8. The van der Waals surface area contributed by atoms with Crippen molar-refractivity contribution in [1.82, 2.24) is 19.6 Å². The molecule has 1 atom stereocenters. The molecule has 3 heterocycles. The van der Waals surface area contributed by atoms with Crippen LogP contribution < -0.4 is 4.74 Å². The van der Waals surface area contributed by atoms with Gasteiger partial charge in [0.2, 0.25) is 5.76 Å². The Morgan fingerprint density at radius 3 is 2.82 bits per heavy atom. The number of nitrogens with zero attached hydrogens (tertiary/aromatic N) is 4. The number of imidazole rings is 1. The van der Waals surface area contributed by atoms with Gasteiger partial charge in [-0.1, -0.05) is 11.1 Å². The fraction of sp³-hybridized carbons (Fsp3) is 0.417. The molecule has 0 saturated carbocycles. The molecule has 0 bridgehead atoms. The molecule has 0 unspecified atom stereocenters. The smallest absolute Gasteiger partial charge is 0.304 e. The van der Waals surface area contributed by atoms with Crippen LogP contribution in [0.1, 0.15) is 55.1 Å². The van der Waals surface area contributed by atoms with E-state index in [0.717, 1.165) is 5.56 Å². The molecule has 9 heteroatoms. The van der Waals surface area contributed by atoms with Gasteiger partial charge in [0, 0.05) is 43.5 Å². The number of hydrogen-bond acceptors (Lipinski definition) is 6. The molecule has 0 aliphatic carbocycles. The molecule has 2 aromatic heterocycles. The van der Waals surface area contributed by atoms with Crippen LogP contribution in [0.25, 0.3) is 0 Å². The molecule has 33 heavy (non-hydrogen) atoms. The maximum atomic E-state index is 13.6. The van der Waals surface area contributed by atoms with Gasteiger partial charge in [-0.05, 0) is 50.0 Å². The first-order valence-corrected chi connectivity index (χ1v) is 10.9. The van der Waals surface area contributed by atoms with Crippen molar-refractivity contribution in [3.05, 3.63) is 65.6 Å². The second-order valence-corrected chi connectivity index (χ2v) is 8.00. The average Bonchev–Trinajstić information content (AvgIpc) is 3.51. The lowest BCUT2D eigenvalue weighted by molar-refractivity contribution is -0.119. The number of halogens is 2. The van der Waals surface area contributed by atoms with E-state index in [1.807, 2.05) is 12.1 Å². The number of likely N-dealkylation sites (tertiary alicyclic amines) is 1. The molecule has 0 radical (unpaired) electrons. The number of aromatic nitrogens is 3. The number of benzene rings is 1. The second-order valence-electron chi connectivity index (χ2n) is 8.00. The third kappa shape index (κ3) is 5.97. The minimum Gasteiger partial charge on any atom is -0.494 e. The number of alkyl halides is 2. The van der Waals surface area contributed by atoms with Crippen molar-refractivity contribution >= 4 is 0 Å². The largest absolute Gasteiger partial charge is 0.494 e. The first kappa shape index (κ1) is 23.0. The van der Waals surface area contributed by atoms with E-state index in [1.54, 1.807) is 42.1 Å². The van der Waals surface area contributed by atoms with Crippen molar-refractivity contribution < 1.29 is 23.1 Å². The maximum Gasteiger partial charge on any atom is 0.304 e. The third-order valence-electron chi connectivity index (χ3n) is 5.41. The van der Waals surface area contributed by atoms with Crippen LogP contribution in [0.5, 0.6) is 5.75 Å². The topological polar surface area (TPSA) is 76.6 Å². The van der Waals surface area contributed by atoms with Gasteiger partial charge in [0.15, 0.2) is 0 Å². The van der Waals surface area contributed by atoms with E-state index < -0.39 is 12.2 Å². The first-order valence-electron chi connectivity index (χ1n) is 10.9. The lowest BCUT2D eigenvalue weighted by atomic mass is 10.2. The summed E-state index contributed by atoms with van der Waals surface area (Å²) in [6.07, 6.45) is 3.76. The van der Waals surface area contributed by atoms with E-state index in [1.165, 1.54) is 4.90 Å². The Hall–Kier alpha value is -3.22. The van der Waals surface area contributed by atoms with Crippen LogP contribution in [0.4, 0.5) is 8.78 Å². The number of hydrogen-bond donors (Lipinski definition) is 1. The van der Waals surface area contributed by atoms with Crippen molar-refractivity contribution in [2.24, 2.45) is 0 Å².